The number of fused-ring (bicyclic) bond motifs is 2. The number of rotatable bonds is 3. The highest BCUT2D eigenvalue weighted by atomic mass is 16.1. The van der Waals surface area contributed by atoms with Crippen molar-refractivity contribution in [3.05, 3.63) is 81.9 Å². The Labute approximate surface area is 141 Å². The Hall–Kier alpha value is -2.74. The number of hydrogen-bond donors (Lipinski definition) is 0. The number of hydrogen-bond acceptors (Lipinski definition) is 2. The van der Waals surface area contributed by atoms with Crippen LogP contribution in [0.2, 0.25) is 0 Å². The van der Waals surface area contributed by atoms with Gasteiger partial charge in [0.05, 0.1) is 0 Å². The van der Waals surface area contributed by atoms with Gasteiger partial charge in [0.25, 0.3) is 0 Å². The maximum atomic E-state index is 12.8. The van der Waals surface area contributed by atoms with Crippen LogP contribution in [0.25, 0.3) is 11.1 Å². The van der Waals surface area contributed by atoms with E-state index in [9.17, 15) is 9.59 Å². The second-order valence-electron chi connectivity index (χ2n) is 6.16. The number of carbonyl (C=O) groups is 2. The highest BCUT2D eigenvalue weighted by Crippen LogP contribution is 2.48. The number of Topliss-reactive ketones (excluding diaryl/α,β-unsaturated/α-hetero) is 2. The Bertz CT molecular complexity index is 878. The van der Waals surface area contributed by atoms with E-state index in [2.05, 4.69) is 0 Å². The number of benzene rings is 2. The molecule has 0 aromatic heterocycles. The zero-order valence-electron chi connectivity index (χ0n) is 13.8. The van der Waals surface area contributed by atoms with Gasteiger partial charge in [0, 0.05) is 22.3 Å². The highest BCUT2D eigenvalue weighted by molar-refractivity contribution is 6.35. The summed E-state index contributed by atoms with van der Waals surface area (Å²) < 4.78 is 0. The zero-order chi connectivity index (χ0) is 16.8. The molecule has 0 saturated carbocycles. The van der Waals surface area contributed by atoms with Crippen LogP contribution in [0.15, 0.2) is 59.7 Å². The summed E-state index contributed by atoms with van der Waals surface area (Å²) in [6.45, 7) is 4.02. The highest BCUT2D eigenvalue weighted by Gasteiger charge is 2.36. The van der Waals surface area contributed by atoms with Gasteiger partial charge in [-0.05, 0) is 35.1 Å². The summed E-state index contributed by atoms with van der Waals surface area (Å²) in [4.78, 5) is 25.6. The lowest BCUT2D eigenvalue weighted by molar-refractivity contribution is 0.102. The molecule has 2 aromatic carbocycles. The van der Waals surface area contributed by atoms with Crippen molar-refractivity contribution in [3.8, 4) is 0 Å². The van der Waals surface area contributed by atoms with Crippen LogP contribution in [0.5, 0.6) is 0 Å². The van der Waals surface area contributed by atoms with Crippen LogP contribution in [0.3, 0.4) is 0 Å². The molecule has 0 heterocycles. The smallest absolute Gasteiger partial charge is 0.190 e. The van der Waals surface area contributed by atoms with E-state index in [0.29, 0.717) is 12.8 Å². The lowest BCUT2D eigenvalue weighted by Crippen LogP contribution is -1.98. The van der Waals surface area contributed by atoms with Crippen LogP contribution in [-0.2, 0) is 0 Å². The van der Waals surface area contributed by atoms with E-state index in [-0.39, 0.29) is 11.6 Å². The van der Waals surface area contributed by atoms with Gasteiger partial charge in [-0.25, -0.2) is 0 Å². The summed E-state index contributed by atoms with van der Waals surface area (Å²) in [5, 5.41) is 0. The molecular weight excluding hydrogens is 296 g/mol. The van der Waals surface area contributed by atoms with Gasteiger partial charge >= 0.3 is 0 Å². The van der Waals surface area contributed by atoms with Gasteiger partial charge in [-0.15, -0.1) is 0 Å². The molecule has 0 aliphatic heterocycles. The van der Waals surface area contributed by atoms with Crippen molar-refractivity contribution in [3.63, 3.8) is 0 Å². The minimum atomic E-state index is 0.0999. The fourth-order valence-electron chi connectivity index (χ4n) is 3.92. The van der Waals surface area contributed by atoms with Crippen LogP contribution in [0.1, 0.15) is 58.5 Å². The number of ketones is 2. The third kappa shape index (κ3) is 1.83. The summed E-state index contributed by atoms with van der Waals surface area (Å²) in [7, 11) is 0. The second kappa shape index (κ2) is 5.41. The van der Waals surface area contributed by atoms with Crippen molar-refractivity contribution in [1.82, 2.24) is 0 Å². The zero-order valence-corrected chi connectivity index (χ0v) is 13.8. The molecule has 0 bridgehead atoms. The summed E-state index contributed by atoms with van der Waals surface area (Å²) >= 11 is 0. The second-order valence-corrected chi connectivity index (χ2v) is 6.16. The molecule has 2 aromatic rings. The predicted molar refractivity (Wildman–Crippen MR) is 96.0 cm³/mol. The summed E-state index contributed by atoms with van der Waals surface area (Å²) in [5.74, 6) is 0.200. The normalized spacial score (nSPS) is 16.1. The van der Waals surface area contributed by atoms with Gasteiger partial charge in [0.15, 0.2) is 11.6 Å². The van der Waals surface area contributed by atoms with Crippen LogP contribution in [0, 0.1) is 0 Å². The fourth-order valence-corrected chi connectivity index (χ4v) is 3.92. The van der Waals surface area contributed by atoms with Gasteiger partial charge in [-0.1, -0.05) is 62.4 Å². The van der Waals surface area contributed by atoms with Crippen LogP contribution in [-0.4, -0.2) is 11.6 Å². The summed E-state index contributed by atoms with van der Waals surface area (Å²) in [5.41, 5.74) is 7.01. The Morgan fingerprint density at radius 1 is 0.583 bits per heavy atom. The molecule has 0 saturated heterocycles. The molecule has 0 unspecified atom stereocenters. The molecule has 2 heteroatoms. The first-order valence-corrected chi connectivity index (χ1v) is 8.43. The van der Waals surface area contributed by atoms with Crippen molar-refractivity contribution in [1.29, 1.82) is 0 Å². The molecule has 0 radical (unpaired) electrons. The van der Waals surface area contributed by atoms with Crippen LogP contribution in [0.4, 0.5) is 0 Å². The van der Waals surface area contributed by atoms with E-state index in [1.807, 2.05) is 62.4 Å². The lowest BCUT2D eigenvalue weighted by Gasteiger charge is -2.12. The minimum absolute atomic E-state index is 0.0999. The van der Waals surface area contributed by atoms with E-state index < -0.39 is 0 Å². The van der Waals surface area contributed by atoms with Crippen molar-refractivity contribution in [2.24, 2.45) is 0 Å². The molecule has 4 rings (SSSR count). The minimum Gasteiger partial charge on any atom is -0.289 e. The van der Waals surface area contributed by atoms with E-state index in [1.54, 1.807) is 0 Å². The van der Waals surface area contributed by atoms with E-state index in [0.717, 1.165) is 44.5 Å². The quantitative estimate of drug-likeness (QED) is 0.789. The van der Waals surface area contributed by atoms with Gasteiger partial charge in [0.2, 0.25) is 0 Å². The van der Waals surface area contributed by atoms with Crippen molar-refractivity contribution >= 4 is 22.7 Å². The van der Waals surface area contributed by atoms with Crippen molar-refractivity contribution in [2.45, 2.75) is 26.7 Å². The molecule has 118 valence electrons. The summed E-state index contributed by atoms with van der Waals surface area (Å²) in [6, 6.07) is 15.5. The third-order valence-electron chi connectivity index (χ3n) is 4.99. The first-order chi connectivity index (χ1) is 11.7. The topological polar surface area (TPSA) is 34.1 Å². The first kappa shape index (κ1) is 14.8. The monoisotopic (exact) mass is 314 g/mol. The molecule has 0 fully saturated rings. The predicted octanol–water partition coefficient (Wildman–Crippen LogP) is 5.11. The van der Waals surface area contributed by atoms with E-state index >= 15 is 0 Å². The molecule has 0 spiro atoms. The maximum absolute atomic E-state index is 12.8. The number of allylic oxidation sites excluding steroid dienone is 4. The van der Waals surface area contributed by atoms with Gasteiger partial charge in [-0.3, -0.25) is 9.59 Å². The Balaban J connectivity index is 2.07. The molecule has 0 amide bonds. The van der Waals surface area contributed by atoms with E-state index in [1.165, 1.54) is 0 Å². The van der Waals surface area contributed by atoms with Crippen molar-refractivity contribution in [2.75, 3.05) is 0 Å². The molecule has 0 atom stereocenters. The molecular formula is C22H18O2. The third-order valence-corrected chi connectivity index (χ3v) is 4.99. The average Bonchev–Trinajstić information content (AvgIpc) is 3.06. The molecule has 2 nitrogen and oxygen atoms in total. The first-order valence-electron chi connectivity index (χ1n) is 8.43. The molecule has 2 aliphatic carbocycles. The van der Waals surface area contributed by atoms with Crippen LogP contribution >= 0.6 is 0 Å². The Kier molecular flexibility index (Phi) is 3.34. The van der Waals surface area contributed by atoms with E-state index in [4.69, 9.17) is 0 Å². The van der Waals surface area contributed by atoms with Crippen LogP contribution < -0.4 is 0 Å². The van der Waals surface area contributed by atoms with Crippen molar-refractivity contribution < 1.29 is 9.59 Å². The van der Waals surface area contributed by atoms with Gasteiger partial charge in [0.1, 0.15) is 0 Å². The largest absolute Gasteiger partial charge is 0.289 e. The van der Waals surface area contributed by atoms with Gasteiger partial charge in [-0.2, -0.15) is 0 Å². The molecule has 0 N–H and O–H groups in total. The Morgan fingerprint density at radius 2 is 0.917 bits per heavy atom. The Morgan fingerprint density at radius 3 is 1.25 bits per heavy atom. The average molecular weight is 314 g/mol. The lowest BCUT2D eigenvalue weighted by atomic mass is 9.90. The fraction of sp³-hybridized carbons (Fsp3) is 0.182. The van der Waals surface area contributed by atoms with Gasteiger partial charge < -0.3 is 0 Å². The SMILES string of the molecule is CCC1=C(C2=C(CC)C(=O)c3ccccc32)c2ccccc2C1=O. The molecule has 2 aliphatic rings. The number of carbonyl (C=O) groups excluding carboxylic acids is 2. The maximum Gasteiger partial charge on any atom is 0.190 e. The summed E-state index contributed by atoms with van der Waals surface area (Å²) in [6.07, 6.45) is 1.33. The standard InChI is InChI=1S/C22H18O2/c1-3-13-19(15-9-5-7-11-17(15)21(13)23)20-14(4-2)22(24)18-12-8-6-10-16(18)20/h5-12H,3-4H2,1-2H3. The molecule has 24 heavy (non-hydrogen) atoms.